The fourth-order valence-electron chi connectivity index (χ4n) is 4.85. The van der Waals surface area contributed by atoms with Crippen LogP contribution in [-0.2, 0) is 31.5 Å². The van der Waals surface area contributed by atoms with Gasteiger partial charge in [0.25, 0.3) is 0 Å². The molecule has 1 fully saturated rings. The molecule has 4 heterocycles. The highest BCUT2D eigenvalue weighted by atomic mass is 32.1. The minimum atomic E-state index is -0.518. The second-order valence-corrected chi connectivity index (χ2v) is 9.52. The Morgan fingerprint density at radius 3 is 2.50 bits per heavy atom. The lowest BCUT2D eigenvalue weighted by Crippen LogP contribution is -2.45. The van der Waals surface area contributed by atoms with Gasteiger partial charge < -0.3 is 0 Å². The van der Waals surface area contributed by atoms with E-state index in [0.29, 0.717) is 13.1 Å². The fourth-order valence-corrected chi connectivity index (χ4v) is 5.53. The van der Waals surface area contributed by atoms with Crippen molar-refractivity contribution >= 4 is 11.3 Å². The van der Waals surface area contributed by atoms with Crippen LogP contribution in [0.15, 0.2) is 51.4 Å². The topological polar surface area (TPSA) is 60.1 Å². The van der Waals surface area contributed by atoms with Crippen LogP contribution >= 0.6 is 11.3 Å². The van der Waals surface area contributed by atoms with E-state index in [0.717, 1.165) is 49.6 Å². The molecule has 0 unspecified atom stereocenters. The molecule has 1 aromatic carbocycles. The lowest BCUT2D eigenvalue weighted by atomic mass is 9.85. The summed E-state index contributed by atoms with van der Waals surface area (Å²) in [6, 6.07) is 12.8. The van der Waals surface area contributed by atoms with Gasteiger partial charge in [-0.2, -0.15) is 5.10 Å². The number of likely N-dealkylation sites (tertiary alicyclic amines) is 1. The van der Waals surface area contributed by atoms with Crippen LogP contribution in [0.2, 0.25) is 0 Å². The van der Waals surface area contributed by atoms with E-state index in [9.17, 15) is 9.59 Å². The van der Waals surface area contributed by atoms with Crippen molar-refractivity contribution in [1.82, 2.24) is 19.2 Å². The highest BCUT2D eigenvalue weighted by Gasteiger charge is 2.47. The van der Waals surface area contributed by atoms with E-state index >= 15 is 0 Å². The maximum Gasteiger partial charge on any atom is 0.332 e. The van der Waals surface area contributed by atoms with Crippen LogP contribution in [0, 0.1) is 0 Å². The van der Waals surface area contributed by atoms with Gasteiger partial charge in [-0.1, -0.05) is 37.3 Å². The summed E-state index contributed by atoms with van der Waals surface area (Å²) in [5.41, 5.74) is 1.59. The summed E-state index contributed by atoms with van der Waals surface area (Å²) in [7, 11) is 0. The molecule has 6 nitrogen and oxygen atoms in total. The van der Waals surface area contributed by atoms with Gasteiger partial charge in [0.05, 0.1) is 6.54 Å². The van der Waals surface area contributed by atoms with Gasteiger partial charge in [0.2, 0.25) is 0 Å². The molecule has 1 saturated heterocycles. The predicted molar refractivity (Wildman–Crippen MR) is 118 cm³/mol. The standard InChI is InChI=1S/C23H26N4O2S/c1-2-17-5-7-18(8-6-17)14-25-11-9-23(16-25)10-12-26-20(28)21(29)27(24-22(23)26)15-19-4-3-13-30-19/h3-8,13H,2,9-12,14-16H2,1H3/t23-/m0/s1. The first-order valence-corrected chi connectivity index (χ1v) is 11.5. The van der Waals surface area contributed by atoms with Gasteiger partial charge in [0.1, 0.15) is 5.82 Å². The summed E-state index contributed by atoms with van der Waals surface area (Å²) in [5.74, 6) is 0.799. The average molecular weight is 423 g/mol. The van der Waals surface area contributed by atoms with Crippen molar-refractivity contribution in [2.75, 3.05) is 13.1 Å². The van der Waals surface area contributed by atoms with Crippen LogP contribution in [0.1, 0.15) is 41.6 Å². The molecular weight excluding hydrogens is 396 g/mol. The zero-order chi connectivity index (χ0) is 20.7. The Hall–Kier alpha value is -2.51. The van der Waals surface area contributed by atoms with E-state index in [1.54, 1.807) is 15.9 Å². The summed E-state index contributed by atoms with van der Waals surface area (Å²) in [6.07, 6.45) is 2.91. The molecule has 156 valence electrons. The number of nitrogens with zero attached hydrogens (tertiary/aromatic N) is 4. The van der Waals surface area contributed by atoms with Crippen LogP contribution in [-0.4, -0.2) is 32.3 Å². The molecule has 2 aromatic heterocycles. The summed E-state index contributed by atoms with van der Waals surface area (Å²) in [4.78, 5) is 28.8. The van der Waals surface area contributed by atoms with Gasteiger partial charge in [0, 0.05) is 29.9 Å². The van der Waals surface area contributed by atoms with Crippen LogP contribution in [0.3, 0.4) is 0 Å². The molecule has 0 aliphatic carbocycles. The quantitative estimate of drug-likeness (QED) is 0.593. The number of hydrogen-bond donors (Lipinski definition) is 0. The van der Waals surface area contributed by atoms with Crippen LogP contribution in [0.4, 0.5) is 0 Å². The monoisotopic (exact) mass is 422 g/mol. The summed E-state index contributed by atoms with van der Waals surface area (Å²) >= 11 is 1.58. The number of aromatic nitrogens is 3. The van der Waals surface area contributed by atoms with Crippen molar-refractivity contribution in [3.8, 4) is 0 Å². The summed E-state index contributed by atoms with van der Waals surface area (Å²) < 4.78 is 3.01. The second kappa shape index (κ2) is 7.63. The number of rotatable bonds is 5. The van der Waals surface area contributed by atoms with Crippen molar-refractivity contribution < 1.29 is 0 Å². The van der Waals surface area contributed by atoms with Crippen molar-refractivity contribution in [2.24, 2.45) is 0 Å². The van der Waals surface area contributed by atoms with Crippen molar-refractivity contribution in [2.45, 2.75) is 51.2 Å². The average Bonchev–Trinajstić information content (AvgIpc) is 3.49. The largest absolute Gasteiger partial charge is 0.332 e. The first-order valence-electron chi connectivity index (χ1n) is 10.6. The van der Waals surface area contributed by atoms with Crippen LogP contribution in [0.5, 0.6) is 0 Å². The Bertz CT molecular complexity index is 1160. The number of benzene rings is 1. The molecule has 2 aliphatic rings. The van der Waals surface area contributed by atoms with Crippen molar-refractivity contribution in [1.29, 1.82) is 0 Å². The zero-order valence-electron chi connectivity index (χ0n) is 17.2. The molecule has 30 heavy (non-hydrogen) atoms. The molecule has 1 atom stereocenters. The van der Waals surface area contributed by atoms with Crippen LogP contribution < -0.4 is 11.1 Å². The van der Waals surface area contributed by atoms with Gasteiger partial charge in [-0.05, 0) is 48.4 Å². The number of hydrogen-bond acceptors (Lipinski definition) is 5. The van der Waals surface area contributed by atoms with Gasteiger partial charge in [-0.15, -0.1) is 11.3 Å². The van der Waals surface area contributed by atoms with E-state index < -0.39 is 11.1 Å². The molecule has 0 N–H and O–H groups in total. The zero-order valence-corrected chi connectivity index (χ0v) is 18.0. The Labute approximate surface area is 179 Å². The maximum absolute atomic E-state index is 12.8. The summed E-state index contributed by atoms with van der Waals surface area (Å²) in [5, 5.41) is 6.71. The summed E-state index contributed by atoms with van der Waals surface area (Å²) in [6.45, 7) is 5.90. The van der Waals surface area contributed by atoms with E-state index in [1.807, 2.05) is 17.5 Å². The molecule has 7 heteroatoms. The number of fused-ring (bicyclic) bond motifs is 2. The molecule has 2 aliphatic heterocycles. The molecule has 1 spiro atoms. The third kappa shape index (κ3) is 3.36. The minimum Gasteiger partial charge on any atom is -0.298 e. The molecule has 0 radical (unpaired) electrons. The molecule has 5 rings (SSSR count). The van der Waals surface area contributed by atoms with Gasteiger partial charge in [-0.3, -0.25) is 19.1 Å². The molecule has 0 bridgehead atoms. The van der Waals surface area contributed by atoms with E-state index in [4.69, 9.17) is 5.10 Å². The Morgan fingerprint density at radius 1 is 1.00 bits per heavy atom. The Balaban J connectivity index is 1.41. The third-order valence-electron chi connectivity index (χ3n) is 6.58. The number of aryl methyl sites for hydroxylation is 1. The third-order valence-corrected chi connectivity index (χ3v) is 7.44. The lowest BCUT2D eigenvalue weighted by molar-refractivity contribution is 0.298. The first-order chi connectivity index (χ1) is 14.6. The fraction of sp³-hybridized carbons (Fsp3) is 0.435. The van der Waals surface area contributed by atoms with Gasteiger partial charge in [0.15, 0.2) is 0 Å². The molecule has 0 saturated carbocycles. The normalized spacial score (nSPS) is 20.8. The first kappa shape index (κ1) is 19.5. The van der Waals surface area contributed by atoms with E-state index in [2.05, 4.69) is 36.1 Å². The van der Waals surface area contributed by atoms with Gasteiger partial charge in [-0.25, -0.2) is 4.68 Å². The Kier molecular flexibility index (Phi) is 4.95. The SMILES string of the molecule is CCc1ccc(CN2CC[C@]3(CCn4c3nn(Cc3cccs3)c(=O)c4=O)C2)cc1. The molecule has 0 amide bonds. The van der Waals surface area contributed by atoms with E-state index in [1.165, 1.54) is 15.8 Å². The molecular formula is C23H26N4O2S. The van der Waals surface area contributed by atoms with Gasteiger partial charge >= 0.3 is 11.1 Å². The molecule has 3 aromatic rings. The lowest BCUT2D eigenvalue weighted by Gasteiger charge is -2.24. The highest BCUT2D eigenvalue weighted by molar-refractivity contribution is 7.09. The number of thiophene rings is 1. The maximum atomic E-state index is 12.8. The second-order valence-electron chi connectivity index (χ2n) is 8.48. The predicted octanol–water partition coefficient (Wildman–Crippen LogP) is 2.62. The minimum absolute atomic E-state index is 0.132. The highest BCUT2D eigenvalue weighted by Crippen LogP contribution is 2.40. The van der Waals surface area contributed by atoms with Crippen molar-refractivity contribution in [3.05, 3.63) is 84.3 Å². The van der Waals surface area contributed by atoms with Crippen LogP contribution in [0.25, 0.3) is 0 Å². The van der Waals surface area contributed by atoms with Crippen molar-refractivity contribution in [3.63, 3.8) is 0 Å². The smallest absolute Gasteiger partial charge is 0.298 e. The van der Waals surface area contributed by atoms with E-state index in [-0.39, 0.29) is 5.41 Å². The Morgan fingerprint density at radius 2 is 1.77 bits per heavy atom.